The highest BCUT2D eigenvalue weighted by molar-refractivity contribution is 7.22. The van der Waals surface area contributed by atoms with Crippen LogP contribution in [0.5, 0.6) is 0 Å². The highest BCUT2D eigenvalue weighted by Crippen LogP contribution is 2.33. The Hall–Kier alpha value is -1.96. The number of amides is 1. The fraction of sp³-hybridized carbons (Fsp3) is 0.476. The van der Waals surface area contributed by atoms with Gasteiger partial charge in [0, 0.05) is 18.8 Å². The number of aryl methyl sites for hydroxylation is 4. The number of hydrogen-bond acceptors (Lipinski definition) is 5. The first-order chi connectivity index (χ1) is 13.3. The van der Waals surface area contributed by atoms with Crippen LogP contribution in [0.15, 0.2) is 18.2 Å². The molecule has 0 aliphatic rings. The number of rotatable bonds is 7. The zero-order valence-electron chi connectivity index (χ0n) is 18.0. The summed E-state index contributed by atoms with van der Waals surface area (Å²) < 4.78 is 3.01. The second kappa shape index (κ2) is 9.69. The van der Waals surface area contributed by atoms with Crippen molar-refractivity contribution in [2.24, 2.45) is 0 Å². The van der Waals surface area contributed by atoms with Crippen molar-refractivity contribution in [2.45, 2.75) is 40.7 Å². The Labute approximate surface area is 182 Å². The van der Waals surface area contributed by atoms with Gasteiger partial charge in [-0.3, -0.25) is 14.4 Å². The summed E-state index contributed by atoms with van der Waals surface area (Å²) in [6, 6.07) is 6.07. The van der Waals surface area contributed by atoms with E-state index in [0.29, 0.717) is 12.2 Å². The zero-order chi connectivity index (χ0) is 20.4. The Morgan fingerprint density at radius 2 is 1.83 bits per heavy atom. The van der Waals surface area contributed by atoms with Crippen molar-refractivity contribution in [1.29, 1.82) is 0 Å². The van der Waals surface area contributed by atoms with Crippen LogP contribution in [0.1, 0.15) is 40.7 Å². The summed E-state index contributed by atoms with van der Waals surface area (Å²) in [5.41, 5.74) is 4.79. The summed E-state index contributed by atoms with van der Waals surface area (Å²) in [5.74, 6) is -0.0802. The van der Waals surface area contributed by atoms with Crippen LogP contribution in [0, 0.1) is 20.8 Å². The number of fused-ring (bicyclic) bond motifs is 1. The van der Waals surface area contributed by atoms with Gasteiger partial charge in [0.15, 0.2) is 10.8 Å². The second-order valence-electron chi connectivity index (χ2n) is 7.47. The standard InChI is InChI=1S/C21H29N5OS.ClH/c1-7-26-16(4)13-17(23-26)20(27)25(12-8-11-24(5)6)21-22-18-14(2)9-10-15(3)19(18)28-21;/h9-10,13H,7-8,11-12H2,1-6H3;1H. The minimum Gasteiger partial charge on any atom is -0.309 e. The largest absolute Gasteiger partial charge is 0.309 e. The van der Waals surface area contributed by atoms with Crippen LogP contribution in [0.3, 0.4) is 0 Å². The number of carbonyl (C=O) groups excluding carboxylic acids is 1. The number of halogens is 1. The van der Waals surface area contributed by atoms with E-state index in [0.717, 1.165) is 46.1 Å². The van der Waals surface area contributed by atoms with Crippen LogP contribution < -0.4 is 4.90 Å². The monoisotopic (exact) mass is 435 g/mol. The summed E-state index contributed by atoms with van der Waals surface area (Å²) in [7, 11) is 4.09. The van der Waals surface area contributed by atoms with Gasteiger partial charge in [-0.25, -0.2) is 4.98 Å². The van der Waals surface area contributed by atoms with Gasteiger partial charge in [0.1, 0.15) is 0 Å². The van der Waals surface area contributed by atoms with E-state index in [9.17, 15) is 4.79 Å². The van der Waals surface area contributed by atoms with E-state index in [-0.39, 0.29) is 18.3 Å². The normalized spacial score (nSPS) is 11.1. The predicted molar refractivity (Wildman–Crippen MR) is 124 cm³/mol. The molecule has 0 bridgehead atoms. The van der Waals surface area contributed by atoms with Gasteiger partial charge in [-0.15, -0.1) is 12.4 Å². The number of nitrogens with zero attached hydrogens (tertiary/aromatic N) is 5. The molecule has 158 valence electrons. The summed E-state index contributed by atoms with van der Waals surface area (Å²) in [4.78, 5) is 22.1. The van der Waals surface area contributed by atoms with Crippen LogP contribution in [0.25, 0.3) is 10.2 Å². The summed E-state index contributed by atoms with van der Waals surface area (Å²) in [6.45, 7) is 10.4. The number of thiazole rings is 1. The maximum absolute atomic E-state index is 13.4. The van der Waals surface area contributed by atoms with Gasteiger partial charge in [0.25, 0.3) is 5.91 Å². The topological polar surface area (TPSA) is 54.3 Å². The van der Waals surface area contributed by atoms with Gasteiger partial charge in [0.2, 0.25) is 0 Å². The molecule has 3 rings (SSSR count). The van der Waals surface area contributed by atoms with E-state index in [1.807, 2.05) is 38.7 Å². The molecule has 29 heavy (non-hydrogen) atoms. The molecule has 0 saturated heterocycles. The molecule has 0 spiro atoms. The lowest BCUT2D eigenvalue weighted by atomic mass is 10.1. The third-order valence-electron chi connectivity index (χ3n) is 4.89. The molecular weight excluding hydrogens is 406 g/mol. The third kappa shape index (κ3) is 4.97. The van der Waals surface area contributed by atoms with Crippen molar-refractivity contribution in [2.75, 3.05) is 32.1 Å². The molecule has 2 heterocycles. The van der Waals surface area contributed by atoms with Crippen LogP contribution in [0.4, 0.5) is 5.13 Å². The van der Waals surface area contributed by atoms with Crippen LogP contribution in [-0.4, -0.2) is 52.8 Å². The molecule has 0 unspecified atom stereocenters. The van der Waals surface area contributed by atoms with Gasteiger partial charge in [-0.05, 0) is 71.9 Å². The second-order valence-corrected chi connectivity index (χ2v) is 8.45. The Balaban J connectivity index is 0.00000300. The van der Waals surface area contributed by atoms with Crippen LogP contribution >= 0.6 is 23.7 Å². The number of hydrogen-bond donors (Lipinski definition) is 0. The van der Waals surface area contributed by atoms with Gasteiger partial charge in [-0.2, -0.15) is 5.10 Å². The lowest BCUT2D eigenvalue weighted by Gasteiger charge is -2.20. The number of anilines is 1. The average molecular weight is 436 g/mol. The molecule has 0 saturated carbocycles. The first-order valence-corrected chi connectivity index (χ1v) is 10.5. The van der Waals surface area contributed by atoms with Crippen molar-refractivity contribution in [3.8, 4) is 0 Å². The van der Waals surface area contributed by atoms with Gasteiger partial charge in [0.05, 0.1) is 10.2 Å². The maximum Gasteiger partial charge on any atom is 0.280 e. The zero-order valence-corrected chi connectivity index (χ0v) is 19.7. The molecule has 0 N–H and O–H groups in total. The van der Waals surface area contributed by atoms with E-state index in [2.05, 4.69) is 36.0 Å². The Morgan fingerprint density at radius 3 is 2.41 bits per heavy atom. The van der Waals surface area contributed by atoms with Crippen LogP contribution in [0.2, 0.25) is 0 Å². The lowest BCUT2D eigenvalue weighted by Crippen LogP contribution is -2.33. The van der Waals surface area contributed by atoms with Crippen molar-refractivity contribution in [3.63, 3.8) is 0 Å². The molecule has 3 aromatic rings. The minimum absolute atomic E-state index is 0. The fourth-order valence-corrected chi connectivity index (χ4v) is 4.40. The molecule has 0 atom stereocenters. The summed E-state index contributed by atoms with van der Waals surface area (Å²) >= 11 is 1.59. The van der Waals surface area contributed by atoms with E-state index in [1.165, 1.54) is 5.56 Å². The number of aromatic nitrogens is 3. The van der Waals surface area contributed by atoms with Crippen molar-refractivity contribution >= 4 is 45.0 Å². The van der Waals surface area contributed by atoms with E-state index in [1.54, 1.807) is 16.2 Å². The predicted octanol–water partition coefficient (Wildman–Crippen LogP) is 4.46. The Kier molecular flexibility index (Phi) is 7.80. The number of benzene rings is 1. The Morgan fingerprint density at radius 1 is 1.14 bits per heavy atom. The highest BCUT2D eigenvalue weighted by Gasteiger charge is 2.24. The van der Waals surface area contributed by atoms with Gasteiger partial charge in [-0.1, -0.05) is 23.5 Å². The molecule has 8 heteroatoms. The summed E-state index contributed by atoms with van der Waals surface area (Å²) in [6.07, 6.45) is 0.875. The molecule has 2 aromatic heterocycles. The van der Waals surface area contributed by atoms with Crippen molar-refractivity contribution < 1.29 is 4.79 Å². The smallest absolute Gasteiger partial charge is 0.280 e. The van der Waals surface area contributed by atoms with E-state index in [4.69, 9.17) is 4.98 Å². The first-order valence-electron chi connectivity index (χ1n) is 9.69. The molecule has 0 aliphatic heterocycles. The van der Waals surface area contributed by atoms with Crippen molar-refractivity contribution in [1.82, 2.24) is 19.7 Å². The molecular formula is C21H30ClN5OS. The lowest BCUT2D eigenvalue weighted by molar-refractivity contribution is 0.0980. The quantitative estimate of drug-likeness (QED) is 0.549. The molecule has 0 aliphatic carbocycles. The molecule has 0 fully saturated rings. The molecule has 1 aromatic carbocycles. The molecule has 1 amide bonds. The van der Waals surface area contributed by atoms with Crippen LogP contribution in [-0.2, 0) is 6.54 Å². The van der Waals surface area contributed by atoms with Crippen molar-refractivity contribution in [3.05, 3.63) is 40.7 Å². The fourth-order valence-electron chi connectivity index (χ4n) is 3.27. The maximum atomic E-state index is 13.4. The highest BCUT2D eigenvalue weighted by atomic mass is 35.5. The Bertz CT molecular complexity index is 956. The molecule has 0 radical (unpaired) electrons. The minimum atomic E-state index is -0.0802. The summed E-state index contributed by atoms with van der Waals surface area (Å²) in [5, 5.41) is 5.25. The van der Waals surface area contributed by atoms with Gasteiger partial charge >= 0.3 is 0 Å². The average Bonchev–Trinajstić information content (AvgIpc) is 3.26. The number of carbonyl (C=O) groups is 1. The van der Waals surface area contributed by atoms with E-state index < -0.39 is 0 Å². The first kappa shape index (κ1) is 23.3. The van der Waals surface area contributed by atoms with E-state index >= 15 is 0 Å². The third-order valence-corrected chi connectivity index (χ3v) is 6.11. The SMILES string of the molecule is CCn1nc(C(=O)N(CCCN(C)C)c2nc3c(C)ccc(C)c3s2)cc1C.Cl. The molecule has 6 nitrogen and oxygen atoms in total. The van der Waals surface area contributed by atoms with Gasteiger partial charge < -0.3 is 4.90 Å².